The van der Waals surface area contributed by atoms with Gasteiger partial charge in [0, 0.05) is 13.0 Å². The Kier molecular flexibility index (Phi) is 7.12. The number of carbonyl (C=O) groups is 1. The normalized spacial score (nSPS) is 12.9. The van der Waals surface area contributed by atoms with Crippen molar-refractivity contribution >= 4 is 16.0 Å². The number of hydrogen-bond acceptors (Lipinski definition) is 4. The fraction of sp³-hybridized carbons (Fsp3) is 0.727. The summed E-state index contributed by atoms with van der Waals surface area (Å²) in [6, 6.07) is 0. The van der Waals surface area contributed by atoms with Gasteiger partial charge in [0.05, 0.1) is 32.9 Å². The Morgan fingerprint density at radius 2 is 1.94 bits per heavy atom. The summed E-state index contributed by atoms with van der Waals surface area (Å²) >= 11 is 0. The summed E-state index contributed by atoms with van der Waals surface area (Å²) in [6.07, 6.45) is 3.84. The lowest BCUT2D eigenvalue weighted by atomic mass is 10.3. The highest BCUT2D eigenvalue weighted by molar-refractivity contribution is 7.85. The molecular formula is C11H22N2O4S. The minimum atomic E-state index is -4.15. The second-order valence-electron chi connectivity index (χ2n) is 4.79. The molecule has 0 saturated heterocycles. The van der Waals surface area contributed by atoms with Gasteiger partial charge in [-0.3, -0.25) is 4.79 Å². The number of nitrogens with one attached hydrogen (secondary N) is 1. The topological polar surface area (TPSA) is 86.3 Å². The molecule has 6 nitrogen and oxygen atoms in total. The summed E-state index contributed by atoms with van der Waals surface area (Å²) in [5.41, 5.74) is 0. The molecule has 0 saturated carbocycles. The molecule has 0 bridgehead atoms. The highest BCUT2D eigenvalue weighted by atomic mass is 32.2. The average molecular weight is 278 g/mol. The van der Waals surface area contributed by atoms with E-state index in [1.807, 2.05) is 14.1 Å². The maximum absolute atomic E-state index is 11.1. The van der Waals surface area contributed by atoms with Crippen LogP contribution in [0.25, 0.3) is 0 Å². The first-order valence-corrected chi connectivity index (χ1v) is 7.40. The first-order chi connectivity index (χ1) is 8.16. The molecule has 1 N–H and O–H groups in total. The Morgan fingerprint density at radius 3 is 2.44 bits per heavy atom. The average Bonchev–Trinajstić information content (AvgIpc) is 2.22. The molecule has 0 aliphatic rings. The molecule has 1 amide bonds. The van der Waals surface area contributed by atoms with Gasteiger partial charge in [-0.1, -0.05) is 6.08 Å². The SMILES string of the molecule is CC=CC(=O)NCCC[N+](C)(C)CCS(=O)(=O)[O-]. The third kappa shape index (κ3) is 10.2. The van der Waals surface area contributed by atoms with Gasteiger partial charge >= 0.3 is 0 Å². The molecule has 106 valence electrons. The molecule has 0 aromatic rings. The predicted octanol–water partition coefficient (Wildman–Crippen LogP) is -0.310. The molecule has 0 heterocycles. The van der Waals surface area contributed by atoms with Crippen molar-refractivity contribution in [2.24, 2.45) is 0 Å². The van der Waals surface area contributed by atoms with E-state index in [9.17, 15) is 17.8 Å². The summed E-state index contributed by atoms with van der Waals surface area (Å²) in [5, 5.41) is 2.71. The third-order valence-electron chi connectivity index (χ3n) is 2.50. The molecule has 0 aromatic carbocycles. The summed E-state index contributed by atoms with van der Waals surface area (Å²) in [4.78, 5) is 11.1. The van der Waals surface area contributed by atoms with Gasteiger partial charge in [0.1, 0.15) is 10.1 Å². The Hall–Kier alpha value is -0.920. The highest BCUT2D eigenvalue weighted by Gasteiger charge is 2.15. The highest BCUT2D eigenvalue weighted by Crippen LogP contribution is 2.00. The van der Waals surface area contributed by atoms with Gasteiger partial charge in [-0.15, -0.1) is 0 Å². The van der Waals surface area contributed by atoms with Crippen molar-refractivity contribution in [3.05, 3.63) is 12.2 Å². The van der Waals surface area contributed by atoms with E-state index >= 15 is 0 Å². The number of amides is 1. The lowest BCUT2D eigenvalue weighted by molar-refractivity contribution is -0.888. The number of carbonyl (C=O) groups excluding carboxylic acids is 1. The van der Waals surface area contributed by atoms with Crippen LogP contribution in [0.4, 0.5) is 0 Å². The fourth-order valence-corrected chi connectivity index (χ4v) is 2.12. The van der Waals surface area contributed by atoms with E-state index in [0.717, 1.165) is 6.42 Å². The standard InChI is InChI=1S/C11H22N2O4S/c1-4-6-11(14)12-7-5-8-13(2,3)9-10-18(15,16)17/h4,6H,5,7-10H2,1-3H3,(H-,12,14,15,16,17). The van der Waals surface area contributed by atoms with Crippen molar-refractivity contribution in [2.75, 3.05) is 39.5 Å². The van der Waals surface area contributed by atoms with E-state index in [1.165, 1.54) is 6.08 Å². The molecule has 0 aliphatic heterocycles. The van der Waals surface area contributed by atoms with Crippen molar-refractivity contribution < 1.29 is 22.2 Å². The van der Waals surface area contributed by atoms with Gasteiger partial charge in [-0.05, 0) is 13.0 Å². The molecule has 0 spiro atoms. The number of quaternary nitrogens is 1. The number of rotatable bonds is 8. The zero-order valence-corrected chi connectivity index (χ0v) is 12.0. The second kappa shape index (κ2) is 7.50. The molecular weight excluding hydrogens is 256 g/mol. The van der Waals surface area contributed by atoms with Crippen molar-refractivity contribution in [3.8, 4) is 0 Å². The Balaban J connectivity index is 3.87. The summed E-state index contributed by atoms with van der Waals surface area (Å²) < 4.78 is 32.1. The zero-order valence-electron chi connectivity index (χ0n) is 11.2. The van der Waals surface area contributed by atoms with Gasteiger partial charge in [-0.25, -0.2) is 8.42 Å². The van der Waals surface area contributed by atoms with Gasteiger partial charge in [0.15, 0.2) is 0 Å². The van der Waals surface area contributed by atoms with Gasteiger partial charge in [-0.2, -0.15) is 0 Å². The van der Waals surface area contributed by atoms with Crippen LogP contribution in [-0.2, 0) is 14.9 Å². The van der Waals surface area contributed by atoms with Crippen LogP contribution in [0, 0.1) is 0 Å². The first kappa shape index (κ1) is 17.1. The smallest absolute Gasteiger partial charge is 0.243 e. The molecule has 0 atom stereocenters. The predicted molar refractivity (Wildman–Crippen MR) is 68.8 cm³/mol. The molecule has 0 radical (unpaired) electrons. The van der Waals surface area contributed by atoms with Crippen molar-refractivity contribution in [1.29, 1.82) is 0 Å². The summed E-state index contributed by atoms with van der Waals surface area (Å²) in [5.74, 6) is -0.491. The van der Waals surface area contributed by atoms with E-state index < -0.39 is 10.1 Å². The number of hydrogen-bond donors (Lipinski definition) is 1. The van der Waals surface area contributed by atoms with E-state index in [1.54, 1.807) is 13.0 Å². The summed E-state index contributed by atoms with van der Waals surface area (Å²) in [6.45, 7) is 3.29. The Bertz CT molecular complexity index is 388. The zero-order chi connectivity index (χ0) is 14.2. The monoisotopic (exact) mass is 278 g/mol. The molecule has 0 fully saturated rings. The summed E-state index contributed by atoms with van der Waals surface area (Å²) in [7, 11) is -0.433. The maximum atomic E-state index is 11.1. The van der Waals surface area contributed by atoms with Gasteiger partial charge in [0.2, 0.25) is 5.91 Å². The quantitative estimate of drug-likeness (QED) is 0.286. The van der Waals surface area contributed by atoms with Crippen molar-refractivity contribution in [2.45, 2.75) is 13.3 Å². The Labute approximate surface area is 109 Å². The lowest BCUT2D eigenvalue weighted by Gasteiger charge is -2.30. The van der Waals surface area contributed by atoms with E-state index in [2.05, 4.69) is 5.32 Å². The van der Waals surface area contributed by atoms with Crippen LogP contribution in [0.15, 0.2) is 12.2 Å². The second-order valence-corrected chi connectivity index (χ2v) is 6.31. The van der Waals surface area contributed by atoms with Crippen LogP contribution in [0.2, 0.25) is 0 Å². The van der Waals surface area contributed by atoms with Gasteiger partial charge in [0.25, 0.3) is 0 Å². The van der Waals surface area contributed by atoms with Crippen LogP contribution >= 0.6 is 0 Å². The molecule has 18 heavy (non-hydrogen) atoms. The molecule has 0 rings (SSSR count). The molecule has 0 aromatic heterocycles. The van der Waals surface area contributed by atoms with Crippen LogP contribution in [-0.4, -0.2) is 62.8 Å². The maximum Gasteiger partial charge on any atom is 0.243 e. The van der Waals surface area contributed by atoms with E-state index in [4.69, 9.17) is 0 Å². The molecule has 0 aliphatic carbocycles. The first-order valence-electron chi connectivity index (χ1n) is 5.82. The molecule has 0 unspecified atom stereocenters. The number of allylic oxidation sites excluding steroid dienone is 1. The van der Waals surface area contributed by atoms with Crippen molar-refractivity contribution in [3.63, 3.8) is 0 Å². The largest absolute Gasteiger partial charge is 0.748 e. The van der Waals surface area contributed by atoms with Crippen molar-refractivity contribution in [1.82, 2.24) is 5.32 Å². The van der Waals surface area contributed by atoms with Crippen LogP contribution in [0.5, 0.6) is 0 Å². The Morgan fingerprint density at radius 1 is 1.33 bits per heavy atom. The van der Waals surface area contributed by atoms with Crippen LogP contribution < -0.4 is 5.32 Å². The lowest BCUT2D eigenvalue weighted by Crippen LogP contribution is -2.44. The van der Waals surface area contributed by atoms with Crippen LogP contribution in [0.1, 0.15) is 13.3 Å². The fourth-order valence-electron chi connectivity index (χ4n) is 1.40. The van der Waals surface area contributed by atoms with Crippen LogP contribution in [0.3, 0.4) is 0 Å². The van der Waals surface area contributed by atoms with E-state index in [-0.39, 0.29) is 18.2 Å². The van der Waals surface area contributed by atoms with E-state index in [0.29, 0.717) is 17.6 Å². The minimum Gasteiger partial charge on any atom is -0.748 e. The minimum absolute atomic E-state index is 0.134. The molecule has 7 heteroatoms. The third-order valence-corrected chi connectivity index (χ3v) is 3.19. The number of nitrogens with zero attached hydrogens (tertiary/aromatic N) is 1. The van der Waals surface area contributed by atoms with Gasteiger partial charge < -0.3 is 14.4 Å².